The standard InChI is InChI=1S/C17H17ClN2O4/c1-10-14(17(22)23)6-7-20(10)15(21)8-13-9-24-16(19-13)11-2-4-12(18)5-3-11/h2-5,9-10,14H,6-8H2,1H3,(H,22,23). The molecule has 3 rings (SSSR count). The second-order valence-corrected chi connectivity index (χ2v) is 6.33. The van der Waals surface area contributed by atoms with Crippen molar-refractivity contribution in [2.75, 3.05) is 6.54 Å². The molecule has 1 N–H and O–H groups in total. The lowest BCUT2D eigenvalue weighted by atomic mass is 10.0. The monoisotopic (exact) mass is 348 g/mol. The van der Waals surface area contributed by atoms with Crippen molar-refractivity contribution in [3.05, 3.63) is 41.2 Å². The summed E-state index contributed by atoms with van der Waals surface area (Å²) in [6, 6.07) is 6.76. The average molecular weight is 349 g/mol. The highest BCUT2D eigenvalue weighted by atomic mass is 35.5. The topological polar surface area (TPSA) is 83.6 Å². The number of aromatic nitrogens is 1. The molecule has 7 heteroatoms. The van der Waals surface area contributed by atoms with E-state index < -0.39 is 11.9 Å². The van der Waals surface area contributed by atoms with Crippen LogP contribution < -0.4 is 0 Å². The average Bonchev–Trinajstić information content (AvgIpc) is 3.14. The van der Waals surface area contributed by atoms with Crippen LogP contribution in [0, 0.1) is 5.92 Å². The molecule has 1 aromatic carbocycles. The molecule has 2 unspecified atom stereocenters. The molecular weight excluding hydrogens is 332 g/mol. The van der Waals surface area contributed by atoms with Crippen molar-refractivity contribution >= 4 is 23.5 Å². The first kappa shape index (κ1) is 16.5. The van der Waals surface area contributed by atoms with Gasteiger partial charge in [0.1, 0.15) is 6.26 Å². The second kappa shape index (κ2) is 6.65. The Morgan fingerprint density at radius 1 is 1.38 bits per heavy atom. The molecular formula is C17H17ClN2O4. The van der Waals surface area contributed by atoms with Crippen molar-refractivity contribution in [3.8, 4) is 11.5 Å². The Morgan fingerprint density at radius 2 is 2.08 bits per heavy atom. The molecule has 2 heterocycles. The van der Waals surface area contributed by atoms with E-state index in [1.165, 1.54) is 6.26 Å². The third-order valence-electron chi connectivity index (χ3n) is 4.37. The molecule has 1 aliphatic rings. The number of aliphatic carboxylic acids is 1. The molecule has 2 atom stereocenters. The van der Waals surface area contributed by atoms with Gasteiger partial charge in [-0.3, -0.25) is 9.59 Å². The normalized spacial score (nSPS) is 20.3. The highest BCUT2D eigenvalue weighted by molar-refractivity contribution is 6.30. The van der Waals surface area contributed by atoms with Crippen LogP contribution in [0.25, 0.3) is 11.5 Å². The minimum absolute atomic E-state index is 0.0910. The van der Waals surface area contributed by atoms with Crippen molar-refractivity contribution in [3.63, 3.8) is 0 Å². The van der Waals surface area contributed by atoms with Crippen LogP contribution in [0.5, 0.6) is 0 Å². The first-order valence-corrected chi connectivity index (χ1v) is 8.06. The van der Waals surface area contributed by atoms with Gasteiger partial charge in [-0.1, -0.05) is 11.6 Å². The van der Waals surface area contributed by atoms with Crippen LogP contribution in [-0.4, -0.2) is 39.5 Å². The van der Waals surface area contributed by atoms with E-state index in [1.807, 2.05) is 0 Å². The highest BCUT2D eigenvalue weighted by Crippen LogP contribution is 2.26. The number of carbonyl (C=O) groups excluding carboxylic acids is 1. The third-order valence-corrected chi connectivity index (χ3v) is 4.62. The fourth-order valence-corrected chi connectivity index (χ4v) is 3.12. The predicted molar refractivity (Wildman–Crippen MR) is 87.6 cm³/mol. The van der Waals surface area contributed by atoms with Crippen LogP contribution in [0.15, 0.2) is 34.9 Å². The van der Waals surface area contributed by atoms with Crippen molar-refractivity contribution in [2.45, 2.75) is 25.8 Å². The minimum atomic E-state index is -0.857. The highest BCUT2D eigenvalue weighted by Gasteiger charge is 2.38. The van der Waals surface area contributed by atoms with Gasteiger partial charge >= 0.3 is 5.97 Å². The van der Waals surface area contributed by atoms with E-state index in [0.717, 1.165) is 5.56 Å². The fraction of sp³-hybridized carbons (Fsp3) is 0.353. The van der Waals surface area contributed by atoms with Crippen molar-refractivity contribution in [2.24, 2.45) is 5.92 Å². The Hall–Kier alpha value is -2.34. The summed E-state index contributed by atoms with van der Waals surface area (Å²) in [5.74, 6) is -1.07. The number of hydrogen-bond donors (Lipinski definition) is 1. The van der Waals surface area contributed by atoms with Gasteiger partial charge in [-0.05, 0) is 37.6 Å². The van der Waals surface area contributed by atoms with E-state index in [9.17, 15) is 9.59 Å². The summed E-state index contributed by atoms with van der Waals surface area (Å²) in [6.07, 6.45) is 2.03. The number of rotatable bonds is 4. The van der Waals surface area contributed by atoms with Crippen LogP contribution in [0.2, 0.25) is 5.02 Å². The molecule has 1 fully saturated rings. The molecule has 0 aliphatic carbocycles. The van der Waals surface area contributed by atoms with E-state index >= 15 is 0 Å². The van der Waals surface area contributed by atoms with E-state index in [0.29, 0.717) is 29.6 Å². The first-order valence-electron chi connectivity index (χ1n) is 7.68. The van der Waals surface area contributed by atoms with Gasteiger partial charge in [-0.2, -0.15) is 0 Å². The molecule has 24 heavy (non-hydrogen) atoms. The summed E-state index contributed by atoms with van der Waals surface area (Å²) in [5, 5.41) is 9.77. The minimum Gasteiger partial charge on any atom is -0.481 e. The maximum atomic E-state index is 12.4. The summed E-state index contributed by atoms with van der Waals surface area (Å²) in [6.45, 7) is 2.23. The molecule has 0 radical (unpaired) electrons. The van der Waals surface area contributed by atoms with Gasteiger partial charge in [0.15, 0.2) is 0 Å². The maximum absolute atomic E-state index is 12.4. The molecule has 1 saturated heterocycles. The zero-order valence-electron chi connectivity index (χ0n) is 13.1. The van der Waals surface area contributed by atoms with E-state index in [1.54, 1.807) is 36.1 Å². The smallest absolute Gasteiger partial charge is 0.308 e. The van der Waals surface area contributed by atoms with E-state index in [2.05, 4.69) is 4.98 Å². The molecule has 0 saturated carbocycles. The largest absolute Gasteiger partial charge is 0.481 e. The van der Waals surface area contributed by atoms with Crippen molar-refractivity contribution < 1.29 is 19.1 Å². The number of amides is 1. The Bertz CT molecular complexity index is 756. The van der Waals surface area contributed by atoms with Crippen LogP contribution in [0.4, 0.5) is 0 Å². The summed E-state index contributed by atoms with van der Waals surface area (Å²) in [5.41, 5.74) is 1.30. The lowest BCUT2D eigenvalue weighted by molar-refractivity contribution is -0.143. The van der Waals surface area contributed by atoms with Crippen LogP contribution in [0.3, 0.4) is 0 Å². The Kier molecular flexibility index (Phi) is 4.57. The number of carbonyl (C=O) groups is 2. The molecule has 1 amide bonds. The lowest BCUT2D eigenvalue weighted by Gasteiger charge is -2.22. The van der Waals surface area contributed by atoms with Gasteiger partial charge in [0.25, 0.3) is 0 Å². The summed E-state index contributed by atoms with van der Waals surface area (Å²) in [7, 11) is 0. The summed E-state index contributed by atoms with van der Waals surface area (Å²) in [4.78, 5) is 29.5. The second-order valence-electron chi connectivity index (χ2n) is 5.89. The third kappa shape index (κ3) is 3.28. The number of oxazole rings is 1. The lowest BCUT2D eigenvalue weighted by Crippen LogP contribution is -2.38. The zero-order chi connectivity index (χ0) is 17.3. The SMILES string of the molecule is CC1C(C(=O)O)CCN1C(=O)Cc1coc(-c2ccc(Cl)cc2)n1. The molecule has 0 bridgehead atoms. The quantitative estimate of drug-likeness (QED) is 0.918. The van der Waals surface area contributed by atoms with Crippen LogP contribution >= 0.6 is 11.6 Å². The number of carboxylic acids is 1. The van der Waals surface area contributed by atoms with Gasteiger partial charge in [-0.15, -0.1) is 0 Å². The number of likely N-dealkylation sites (tertiary alicyclic amines) is 1. The molecule has 2 aromatic rings. The Labute approximate surface area is 144 Å². The molecule has 0 spiro atoms. The predicted octanol–water partition coefficient (Wildman–Crippen LogP) is 2.86. The van der Waals surface area contributed by atoms with Crippen molar-refractivity contribution in [1.82, 2.24) is 9.88 Å². The van der Waals surface area contributed by atoms with Crippen LogP contribution in [0.1, 0.15) is 19.0 Å². The summed E-state index contributed by atoms with van der Waals surface area (Å²) >= 11 is 5.85. The fourth-order valence-electron chi connectivity index (χ4n) is 2.99. The van der Waals surface area contributed by atoms with E-state index in [4.69, 9.17) is 21.1 Å². The van der Waals surface area contributed by atoms with Gasteiger partial charge in [0.2, 0.25) is 11.8 Å². The van der Waals surface area contributed by atoms with Gasteiger partial charge in [0.05, 0.1) is 18.0 Å². The number of hydrogen-bond acceptors (Lipinski definition) is 4. The van der Waals surface area contributed by atoms with E-state index in [-0.39, 0.29) is 18.4 Å². The molecule has 1 aromatic heterocycles. The number of benzene rings is 1. The zero-order valence-corrected chi connectivity index (χ0v) is 13.9. The van der Waals surface area contributed by atoms with Gasteiger partial charge in [0, 0.05) is 23.2 Å². The maximum Gasteiger partial charge on any atom is 0.308 e. The Morgan fingerprint density at radius 3 is 2.71 bits per heavy atom. The van der Waals surface area contributed by atoms with Crippen molar-refractivity contribution in [1.29, 1.82) is 0 Å². The van der Waals surface area contributed by atoms with Gasteiger partial charge < -0.3 is 14.4 Å². The number of carboxylic acid groups (broad SMARTS) is 1. The molecule has 1 aliphatic heterocycles. The summed E-state index contributed by atoms with van der Waals surface area (Å²) < 4.78 is 5.42. The van der Waals surface area contributed by atoms with Crippen LogP contribution in [-0.2, 0) is 16.0 Å². The number of nitrogens with zero attached hydrogens (tertiary/aromatic N) is 2. The Balaban J connectivity index is 1.68. The van der Waals surface area contributed by atoms with Gasteiger partial charge in [-0.25, -0.2) is 4.98 Å². The molecule has 6 nitrogen and oxygen atoms in total. The molecule has 126 valence electrons. The first-order chi connectivity index (χ1) is 11.5. The number of halogens is 1.